The van der Waals surface area contributed by atoms with Gasteiger partial charge in [0.05, 0.1) is 18.1 Å². The zero-order valence-electron chi connectivity index (χ0n) is 8.84. The van der Waals surface area contributed by atoms with Crippen molar-refractivity contribution in [1.29, 1.82) is 0 Å². The average Bonchev–Trinajstić information content (AvgIpc) is 2.66. The zero-order chi connectivity index (χ0) is 10.3. The smallest absolute Gasteiger partial charge is 0.213 e. The Bertz CT molecular complexity index is 502. The molecule has 0 aliphatic heterocycles. The van der Waals surface area contributed by atoms with E-state index >= 15 is 0 Å². The van der Waals surface area contributed by atoms with Crippen LogP contribution in [0.3, 0.4) is 0 Å². The third-order valence-corrected chi connectivity index (χ3v) is 3.12. The van der Waals surface area contributed by atoms with Crippen molar-refractivity contribution in [3.05, 3.63) is 23.4 Å². The summed E-state index contributed by atoms with van der Waals surface area (Å²) in [6.07, 6.45) is 4.87. The van der Waals surface area contributed by atoms with Crippen LogP contribution in [0.5, 0.6) is 5.88 Å². The van der Waals surface area contributed by atoms with Crippen LogP contribution in [0, 0.1) is 0 Å². The second-order valence-electron chi connectivity index (χ2n) is 4.04. The summed E-state index contributed by atoms with van der Waals surface area (Å²) in [5.41, 5.74) is 5.01. The molecule has 1 aliphatic rings. The number of rotatable bonds is 1. The van der Waals surface area contributed by atoms with Crippen LogP contribution < -0.4 is 4.74 Å². The number of nitrogens with one attached hydrogen (secondary N) is 1. The molecule has 0 bridgehead atoms. The SMILES string of the molecule is COc1ccc2[nH]c3c(c2n1)CCCC3. The van der Waals surface area contributed by atoms with Gasteiger partial charge in [-0.3, -0.25) is 0 Å². The zero-order valence-corrected chi connectivity index (χ0v) is 8.84. The van der Waals surface area contributed by atoms with Crippen molar-refractivity contribution < 1.29 is 4.74 Å². The van der Waals surface area contributed by atoms with E-state index in [0.717, 1.165) is 23.9 Å². The number of aromatic amines is 1. The van der Waals surface area contributed by atoms with Crippen LogP contribution in [0.25, 0.3) is 11.0 Å². The molecule has 2 aromatic rings. The van der Waals surface area contributed by atoms with Crippen LogP contribution in [0.1, 0.15) is 24.1 Å². The number of aryl methyl sites for hydroxylation is 2. The Balaban J connectivity index is 2.24. The second-order valence-corrected chi connectivity index (χ2v) is 4.04. The molecule has 0 spiro atoms. The number of aromatic nitrogens is 2. The third kappa shape index (κ3) is 1.30. The fourth-order valence-electron chi connectivity index (χ4n) is 2.35. The van der Waals surface area contributed by atoms with E-state index in [-0.39, 0.29) is 0 Å². The van der Waals surface area contributed by atoms with E-state index in [1.807, 2.05) is 6.07 Å². The number of fused-ring (bicyclic) bond motifs is 3. The van der Waals surface area contributed by atoms with Crippen molar-refractivity contribution in [2.24, 2.45) is 0 Å². The Kier molecular flexibility index (Phi) is 1.91. The molecule has 0 saturated carbocycles. The van der Waals surface area contributed by atoms with Gasteiger partial charge in [0.25, 0.3) is 0 Å². The molecule has 15 heavy (non-hydrogen) atoms. The molecule has 2 aromatic heterocycles. The first-order valence-corrected chi connectivity index (χ1v) is 5.43. The molecule has 0 saturated heterocycles. The number of ether oxygens (including phenoxy) is 1. The lowest BCUT2D eigenvalue weighted by Crippen LogP contribution is -2.00. The monoisotopic (exact) mass is 202 g/mol. The van der Waals surface area contributed by atoms with Crippen molar-refractivity contribution in [2.45, 2.75) is 25.7 Å². The predicted molar refractivity (Wildman–Crippen MR) is 59.3 cm³/mol. The van der Waals surface area contributed by atoms with Crippen LogP contribution in [0.2, 0.25) is 0 Å². The minimum atomic E-state index is 0.704. The van der Waals surface area contributed by atoms with Gasteiger partial charge in [0.15, 0.2) is 0 Å². The van der Waals surface area contributed by atoms with Gasteiger partial charge >= 0.3 is 0 Å². The molecule has 1 N–H and O–H groups in total. The van der Waals surface area contributed by atoms with Crippen molar-refractivity contribution >= 4 is 11.0 Å². The van der Waals surface area contributed by atoms with Crippen LogP contribution in [0.15, 0.2) is 12.1 Å². The maximum absolute atomic E-state index is 5.16. The summed E-state index contributed by atoms with van der Waals surface area (Å²) in [6, 6.07) is 3.96. The highest BCUT2D eigenvalue weighted by molar-refractivity contribution is 5.81. The molecule has 78 valence electrons. The van der Waals surface area contributed by atoms with Gasteiger partial charge in [-0.2, -0.15) is 0 Å². The predicted octanol–water partition coefficient (Wildman–Crippen LogP) is 2.45. The maximum Gasteiger partial charge on any atom is 0.213 e. The summed E-state index contributed by atoms with van der Waals surface area (Å²) in [5, 5.41) is 0. The summed E-state index contributed by atoms with van der Waals surface area (Å²) in [5.74, 6) is 0.704. The van der Waals surface area contributed by atoms with E-state index in [2.05, 4.69) is 16.0 Å². The summed E-state index contributed by atoms with van der Waals surface area (Å²) >= 11 is 0. The van der Waals surface area contributed by atoms with Gasteiger partial charge in [0.1, 0.15) is 0 Å². The molecule has 0 radical (unpaired) electrons. The van der Waals surface area contributed by atoms with Gasteiger partial charge in [-0.05, 0) is 37.3 Å². The van der Waals surface area contributed by atoms with Crippen molar-refractivity contribution in [3.8, 4) is 5.88 Å². The highest BCUT2D eigenvalue weighted by Crippen LogP contribution is 2.28. The number of pyridine rings is 1. The molecular formula is C12H14N2O. The Morgan fingerprint density at radius 2 is 2.13 bits per heavy atom. The van der Waals surface area contributed by atoms with Gasteiger partial charge in [-0.1, -0.05) is 0 Å². The molecule has 1 aliphatic carbocycles. The standard InChI is InChI=1S/C12H14N2O/c1-15-11-7-6-10-12(14-11)8-4-2-3-5-9(8)13-10/h6-7,13H,2-5H2,1H3. The average molecular weight is 202 g/mol. The molecule has 0 fully saturated rings. The lowest BCUT2D eigenvalue weighted by Gasteiger charge is -2.09. The lowest BCUT2D eigenvalue weighted by atomic mass is 9.97. The van der Waals surface area contributed by atoms with Crippen LogP contribution in [-0.2, 0) is 12.8 Å². The fraction of sp³-hybridized carbons (Fsp3) is 0.417. The van der Waals surface area contributed by atoms with E-state index < -0.39 is 0 Å². The van der Waals surface area contributed by atoms with Crippen LogP contribution in [0.4, 0.5) is 0 Å². The van der Waals surface area contributed by atoms with Gasteiger partial charge in [0.2, 0.25) is 5.88 Å². The molecule has 0 atom stereocenters. The Morgan fingerprint density at radius 1 is 1.27 bits per heavy atom. The summed E-state index contributed by atoms with van der Waals surface area (Å²) in [6.45, 7) is 0. The Labute approximate surface area is 88.5 Å². The summed E-state index contributed by atoms with van der Waals surface area (Å²) in [7, 11) is 1.66. The minimum Gasteiger partial charge on any atom is -0.481 e. The van der Waals surface area contributed by atoms with Gasteiger partial charge < -0.3 is 9.72 Å². The Morgan fingerprint density at radius 3 is 3.00 bits per heavy atom. The number of hydrogen-bond acceptors (Lipinski definition) is 2. The summed E-state index contributed by atoms with van der Waals surface area (Å²) < 4.78 is 5.16. The first-order valence-electron chi connectivity index (χ1n) is 5.43. The normalized spacial score (nSPS) is 15.3. The number of methoxy groups -OCH3 is 1. The molecule has 0 amide bonds. The van der Waals surface area contributed by atoms with Crippen molar-refractivity contribution in [2.75, 3.05) is 7.11 Å². The Hall–Kier alpha value is -1.51. The molecular weight excluding hydrogens is 188 g/mol. The van der Waals surface area contributed by atoms with E-state index in [9.17, 15) is 0 Å². The second kappa shape index (κ2) is 3.26. The first-order chi connectivity index (χ1) is 7.38. The van der Waals surface area contributed by atoms with E-state index in [4.69, 9.17) is 4.74 Å². The van der Waals surface area contributed by atoms with Gasteiger partial charge in [-0.25, -0.2) is 4.98 Å². The summed E-state index contributed by atoms with van der Waals surface area (Å²) in [4.78, 5) is 7.96. The van der Waals surface area contributed by atoms with E-state index in [0.29, 0.717) is 5.88 Å². The molecule has 0 unspecified atom stereocenters. The molecule has 3 heteroatoms. The molecule has 0 aromatic carbocycles. The minimum absolute atomic E-state index is 0.704. The third-order valence-electron chi connectivity index (χ3n) is 3.12. The highest BCUT2D eigenvalue weighted by atomic mass is 16.5. The van der Waals surface area contributed by atoms with E-state index in [1.54, 1.807) is 7.11 Å². The highest BCUT2D eigenvalue weighted by Gasteiger charge is 2.16. The largest absolute Gasteiger partial charge is 0.481 e. The topological polar surface area (TPSA) is 37.9 Å². The molecule has 3 rings (SSSR count). The first kappa shape index (κ1) is 8.77. The molecule has 2 heterocycles. The fourth-order valence-corrected chi connectivity index (χ4v) is 2.35. The lowest BCUT2D eigenvalue weighted by molar-refractivity contribution is 0.399. The number of nitrogens with zero attached hydrogens (tertiary/aromatic N) is 1. The van der Waals surface area contributed by atoms with E-state index in [1.165, 1.54) is 24.1 Å². The van der Waals surface area contributed by atoms with Gasteiger partial charge in [-0.15, -0.1) is 0 Å². The van der Waals surface area contributed by atoms with Crippen LogP contribution in [-0.4, -0.2) is 17.1 Å². The van der Waals surface area contributed by atoms with Crippen LogP contribution >= 0.6 is 0 Å². The number of hydrogen-bond donors (Lipinski definition) is 1. The quantitative estimate of drug-likeness (QED) is 0.771. The molecule has 3 nitrogen and oxygen atoms in total. The van der Waals surface area contributed by atoms with Gasteiger partial charge in [0, 0.05) is 11.8 Å². The maximum atomic E-state index is 5.16. The van der Waals surface area contributed by atoms with Crippen molar-refractivity contribution in [3.63, 3.8) is 0 Å². The van der Waals surface area contributed by atoms with Crippen molar-refractivity contribution in [1.82, 2.24) is 9.97 Å². The number of H-pyrrole nitrogens is 1.